The molecule has 0 spiro atoms. The van der Waals surface area contributed by atoms with Crippen molar-refractivity contribution in [3.63, 3.8) is 0 Å². The third-order valence-corrected chi connectivity index (χ3v) is 2.11. The van der Waals surface area contributed by atoms with E-state index in [4.69, 9.17) is 15.5 Å². The Morgan fingerprint density at radius 2 is 2.16 bits per heavy atom. The van der Waals surface area contributed by atoms with Gasteiger partial charge in [0.2, 0.25) is 0 Å². The van der Waals surface area contributed by atoms with Crippen molar-refractivity contribution in [2.45, 2.75) is 6.10 Å². The summed E-state index contributed by atoms with van der Waals surface area (Å²) >= 11 is 0. The molecule has 0 aliphatic carbocycles. The molecule has 0 radical (unpaired) electrons. The summed E-state index contributed by atoms with van der Waals surface area (Å²) < 4.78 is 13.2. The predicted octanol–water partition coefficient (Wildman–Crippen LogP) is 0.264. The van der Waals surface area contributed by atoms with Gasteiger partial charge in [0.25, 0.3) is 0 Å². The monoisotopic (exact) mass is 267 g/mol. The van der Waals surface area contributed by atoms with Crippen LogP contribution in [0.3, 0.4) is 0 Å². The van der Waals surface area contributed by atoms with E-state index in [-0.39, 0.29) is 11.3 Å². The molecule has 8 heteroatoms. The standard InChI is InChI=1S/C11H10FN3O4/c12-7-2-1-3-8(6(7)4-13)15-11(19)14-5-9(16)10(17)18/h1-3,9,16H,5H2,(H,17,18)(H2,14,15,19). The second-order valence-electron chi connectivity index (χ2n) is 3.46. The lowest BCUT2D eigenvalue weighted by Crippen LogP contribution is -2.38. The van der Waals surface area contributed by atoms with E-state index in [0.717, 1.165) is 6.07 Å². The van der Waals surface area contributed by atoms with E-state index in [2.05, 4.69) is 10.6 Å². The highest BCUT2D eigenvalue weighted by Crippen LogP contribution is 2.17. The van der Waals surface area contributed by atoms with Crippen LogP contribution in [0.4, 0.5) is 14.9 Å². The van der Waals surface area contributed by atoms with Crippen LogP contribution in [0.1, 0.15) is 5.56 Å². The fourth-order valence-corrected chi connectivity index (χ4v) is 1.19. The van der Waals surface area contributed by atoms with Gasteiger partial charge in [0, 0.05) is 0 Å². The Morgan fingerprint density at radius 3 is 2.74 bits per heavy atom. The lowest BCUT2D eigenvalue weighted by atomic mass is 10.2. The second kappa shape index (κ2) is 6.32. The predicted molar refractivity (Wildman–Crippen MR) is 61.8 cm³/mol. The molecular formula is C11H10FN3O4. The molecule has 100 valence electrons. The fourth-order valence-electron chi connectivity index (χ4n) is 1.19. The zero-order valence-corrected chi connectivity index (χ0v) is 9.55. The van der Waals surface area contributed by atoms with E-state index in [1.54, 1.807) is 6.07 Å². The maximum Gasteiger partial charge on any atom is 0.334 e. The molecule has 0 saturated heterocycles. The third-order valence-electron chi connectivity index (χ3n) is 2.11. The average molecular weight is 267 g/mol. The smallest absolute Gasteiger partial charge is 0.334 e. The molecule has 0 aliphatic heterocycles. The van der Waals surface area contributed by atoms with Crippen LogP contribution in [0.5, 0.6) is 0 Å². The topological polar surface area (TPSA) is 122 Å². The highest BCUT2D eigenvalue weighted by molar-refractivity contribution is 5.91. The Hall–Kier alpha value is -2.66. The second-order valence-corrected chi connectivity index (χ2v) is 3.46. The zero-order chi connectivity index (χ0) is 14.4. The Balaban J connectivity index is 2.66. The summed E-state index contributed by atoms with van der Waals surface area (Å²) in [6.07, 6.45) is -1.74. The summed E-state index contributed by atoms with van der Waals surface area (Å²) in [5.41, 5.74) is -0.388. The van der Waals surface area contributed by atoms with Crippen molar-refractivity contribution in [2.75, 3.05) is 11.9 Å². The molecule has 2 amide bonds. The van der Waals surface area contributed by atoms with Crippen molar-refractivity contribution in [3.05, 3.63) is 29.6 Å². The lowest BCUT2D eigenvalue weighted by Gasteiger charge is -2.10. The molecular weight excluding hydrogens is 257 g/mol. The highest BCUT2D eigenvalue weighted by atomic mass is 19.1. The molecule has 1 rings (SSSR count). The van der Waals surface area contributed by atoms with Gasteiger partial charge in [-0.1, -0.05) is 6.07 Å². The van der Waals surface area contributed by atoms with Crippen molar-refractivity contribution in [1.29, 1.82) is 5.26 Å². The first-order chi connectivity index (χ1) is 8.95. The number of amides is 2. The summed E-state index contributed by atoms with van der Waals surface area (Å²) in [4.78, 5) is 21.7. The van der Waals surface area contributed by atoms with Crippen LogP contribution in [0, 0.1) is 17.1 Å². The van der Waals surface area contributed by atoms with E-state index in [0.29, 0.717) is 0 Å². The molecule has 0 aromatic heterocycles. The Kier molecular flexibility index (Phi) is 4.79. The molecule has 0 fully saturated rings. The van der Waals surface area contributed by atoms with Crippen molar-refractivity contribution in [2.24, 2.45) is 0 Å². The van der Waals surface area contributed by atoms with Crippen LogP contribution in [0.2, 0.25) is 0 Å². The van der Waals surface area contributed by atoms with Crippen LogP contribution in [0.15, 0.2) is 18.2 Å². The number of carboxylic acids is 1. The molecule has 0 heterocycles. The number of nitrogens with zero attached hydrogens (tertiary/aromatic N) is 1. The van der Waals surface area contributed by atoms with E-state index in [1.807, 2.05) is 0 Å². The average Bonchev–Trinajstić information content (AvgIpc) is 2.36. The van der Waals surface area contributed by atoms with E-state index >= 15 is 0 Å². The number of hydrogen-bond acceptors (Lipinski definition) is 4. The van der Waals surface area contributed by atoms with Crippen molar-refractivity contribution in [3.8, 4) is 6.07 Å². The number of carboxylic acid groups (broad SMARTS) is 1. The van der Waals surface area contributed by atoms with Gasteiger partial charge in [-0.3, -0.25) is 0 Å². The number of anilines is 1. The number of aliphatic hydroxyl groups is 1. The number of rotatable bonds is 4. The molecule has 1 aromatic carbocycles. The van der Waals surface area contributed by atoms with Gasteiger partial charge in [-0.05, 0) is 12.1 Å². The molecule has 1 aromatic rings. The number of carbonyl (C=O) groups excluding carboxylic acids is 1. The SMILES string of the molecule is N#Cc1c(F)cccc1NC(=O)NCC(O)C(=O)O. The van der Waals surface area contributed by atoms with Gasteiger partial charge in [-0.2, -0.15) is 5.26 Å². The first kappa shape index (κ1) is 14.4. The largest absolute Gasteiger partial charge is 0.479 e. The van der Waals surface area contributed by atoms with Gasteiger partial charge >= 0.3 is 12.0 Å². The molecule has 4 N–H and O–H groups in total. The summed E-state index contributed by atoms with van der Waals surface area (Å²) in [5.74, 6) is -2.27. The Bertz CT molecular complexity index is 541. The maximum absolute atomic E-state index is 13.2. The van der Waals surface area contributed by atoms with E-state index < -0.39 is 30.5 Å². The first-order valence-corrected chi connectivity index (χ1v) is 5.10. The number of halogens is 1. The molecule has 19 heavy (non-hydrogen) atoms. The molecule has 0 aliphatic rings. The van der Waals surface area contributed by atoms with Crippen LogP contribution < -0.4 is 10.6 Å². The molecule has 7 nitrogen and oxygen atoms in total. The number of carbonyl (C=O) groups is 2. The van der Waals surface area contributed by atoms with Crippen LogP contribution in [-0.4, -0.2) is 34.9 Å². The van der Waals surface area contributed by atoms with Crippen molar-refractivity contribution >= 4 is 17.7 Å². The number of aliphatic carboxylic acids is 1. The maximum atomic E-state index is 13.2. The summed E-state index contributed by atoms with van der Waals surface area (Å²) in [5, 5.41) is 30.3. The summed E-state index contributed by atoms with van der Waals surface area (Å²) in [6.45, 7) is -0.516. The van der Waals surface area contributed by atoms with Gasteiger partial charge in [-0.25, -0.2) is 14.0 Å². The van der Waals surface area contributed by atoms with Gasteiger partial charge in [0.15, 0.2) is 6.10 Å². The van der Waals surface area contributed by atoms with Gasteiger partial charge < -0.3 is 20.8 Å². The van der Waals surface area contributed by atoms with Gasteiger partial charge in [-0.15, -0.1) is 0 Å². The normalized spacial score (nSPS) is 11.2. The van der Waals surface area contributed by atoms with Crippen LogP contribution in [0.25, 0.3) is 0 Å². The number of benzene rings is 1. The zero-order valence-electron chi connectivity index (χ0n) is 9.55. The molecule has 0 bridgehead atoms. The minimum atomic E-state index is -1.74. The van der Waals surface area contributed by atoms with Crippen LogP contribution >= 0.6 is 0 Å². The minimum Gasteiger partial charge on any atom is -0.479 e. The number of nitriles is 1. The quantitative estimate of drug-likeness (QED) is 0.623. The van der Waals surface area contributed by atoms with Gasteiger partial charge in [0.1, 0.15) is 17.4 Å². The molecule has 1 unspecified atom stereocenters. The number of urea groups is 1. The van der Waals surface area contributed by atoms with Crippen molar-refractivity contribution < 1.29 is 24.2 Å². The summed E-state index contributed by atoms with van der Waals surface area (Å²) in [6, 6.07) is 4.42. The van der Waals surface area contributed by atoms with Gasteiger partial charge in [0.05, 0.1) is 12.2 Å². The number of hydrogen-bond donors (Lipinski definition) is 4. The third kappa shape index (κ3) is 3.93. The van der Waals surface area contributed by atoms with Crippen LogP contribution in [-0.2, 0) is 4.79 Å². The van der Waals surface area contributed by atoms with Crippen molar-refractivity contribution in [1.82, 2.24) is 5.32 Å². The van der Waals surface area contributed by atoms with E-state index in [9.17, 15) is 14.0 Å². The lowest BCUT2D eigenvalue weighted by molar-refractivity contribution is -0.146. The molecule has 0 saturated carbocycles. The first-order valence-electron chi connectivity index (χ1n) is 5.10. The highest BCUT2D eigenvalue weighted by Gasteiger charge is 2.15. The minimum absolute atomic E-state index is 0.0511. The fraction of sp³-hybridized carbons (Fsp3) is 0.182. The van der Waals surface area contributed by atoms with E-state index in [1.165, 1.54) is 12.1 Å². The molecule has 1 atom stereocenters. The Morgan fingerprint density at radius 1 is 1.47 bits per heavy atom. The number of nitrogens with one attached hydrogen (secondary N) is 2. The summed E-state index contributed by atoms with van der Waals surface area (Å²) in [7, 11) is 0. The Labute approximate surface area is 107 Å². The number of aliphatic hydroxyl groups excluding tert-OH is 1.